The minimum Gasteiger partial charge on any atom is -0.496 e. The van der Waals surface area contributed by atoms with Gasteiger partial charge in [-0.3, -0.25) is 19.5 Å². The van der Waals surface area contributed by atoms with Crippen LogP contribution < -0.4 is 19.5 Å². The normalized spacial score (nSPS) is 15.1. The zero-order valence-corrected chi connectivity index (χ0v) is 22.2. The summed E-state index contributed by atoms with van der Waals surface area (Å²) in [6, 6.07) is 16.1. The van der Waals surface area contributed by atoms with E-state index < -0.39 is 16.9 Å². The second-order valence-corrected chi connectivity index (χ2v) is 9.80. The summed E-state index contributed by atoms with van der Waals surface area (Å²) < 4.78 is 19.5. The number of non-ortho nitro benzene ring substituents is 1. The van der Waals surface area contributed by atoms with Crippen LogP contribution in [0.5, 0.6) is 5.75 Å². The molecule has 1 aliphatic rings. The molecule has 0 spiro atoms. The molecule has 5 rings (SSSR count). The van der Waals surface area contributed by atoms with Crippen molar-refractivity contribution in [3.8, 4) is 17.1 Å². The van der Waals surface area contributed by atoms with E-state index in [0.717, 1.165) is 0 Å². The molecule has 0 N–H and O–H groups in total. The molecule has 0 aliphatic carbocycles. The molecule has 198 valence electrons. The van der Waals surface area contributed by atoms with Gasteiger partial charge in [-0.2, -0.15) is 0 Å². The number of nitrogens with zero attached hydrogens (tertiary/aromatic N) is 2. The van der Waals surface area contributed by atoms with Crippen LogP contribution in [0.3, 0.4) is 0 Å². The van der Waals surface area contributed by atoms with Crippen LogP contribution in [0.4, 0.5) is 5.69 Å². The van der Waals surface area contributed by atoms with Gasteiger partial charge in [-0.15, -0.1) is 11.3 Å². The number of carbonyl (C=O) groups excluding carboxylic acids is 1. The number of carbonyl (C=O) groups is 1. The van der Waals surface area contributed by atoms with Crippen molar-refractivity contribution < 1.29 is 23.6 Å². The number of ether oxygens (including phenoxy) is 2. The number of rotatable bonds is 7. The van der Waals surface area contributed by atoms with Gasteiger partial charge in [-0.05, 0) is 43.7 Å². The second kappa shape index (κ2) is 10.6. The Morgan fingerprint density at radius 1 is 1.18 bits per heavy atom. The fourth-order valence-corrected chi connectivity index (χ4v) is 5.73. The number of para-hydroxylation sites is 1. The van der Waals surface area contributed by atoms with Crippen LogP contribution in [0.2, 0.25) is 0 Å². The van der Waals surface area contributed by atoms with Gasteiger partial charge in [0.2, 0.25) is 0 Å². The van der Waals surface area contributed by atoms with E-state index in [1.165, 1.54) is 23.5 Å². The Labute approximate surface area is 226 Å². The average Bonchev–Trinajstić information content (AvgIpc) is 3.52. The summed E-state index contributed by atoms with van der Waals surface area (Å²) in [5.74, 6) is 0.897. The first-order chi connectivity index (χ1) is 18.8. The second-order valence-electron chi connectivity index (χ2n) is 8.74. The van der Waals surface area contributed by atoms with Crippen LogP contribution in [-0.4, -0.2) is 29.2 Å². The highest BCUT2D eigenvalue weighted by atomic mass is 32.1. The van der Waals surface area contributed by atoms with Gasteiger partial charge >= 0.3 is 5.97 Å². The monoisotopic (exact) mass is 544 g/mol. The van der Waals surface area contributed by atoms with Crippen molar-refractivity contribution in [1.29, 1.82) is 0 Å². The highest BCUT2D eigenvalue weighted by Gasteiger charge is 2.34. The van der Waals surface area contributed by atoms with Crippen molar-refractivity contribution in [2.24, 2.45) is 0 Å². The lowest BCUT2D eigenvalue weighted by atomic mass is 9.92. The lowest BCUT2D eigenvalue weighted by Gasteiger charge is -2.26. The third-order valence-electron chi connectivity index (χ3n) is 6.35. The molecule has 0 bridgehead atoms. The van der Waals surface area contributed by atoms with Crippen molar-refractivity contribution in [3.63, 3.8) is 0 Å². The standard InChI is InChI=1S/C29H24N2O7S/c1-4-37-29(33)26-17(2)14-25-30(27(26)21-10-5-6-11-23(21)36-3)28(32)24(39-25)16-20-12-13-22(38-20)18-8-7-9-19(15-18)31(34)35/h5-16,27H,4H2,1-3H3. The first-order valence-electron chi connectivity index (χ1n) is 12.1. The van der Waals surface area contributed by atoms with Crippen molar-refractivity contribution in [2.45, 2.75) is 19.9 Å². The third-order valence-corrected chi connectivity index (χ3v) is 7.38. The summed E-state index contributed by atoms with van der Waals surface area (Å²) in [6.45, 7) is 3.76. The molecule has 1 unspecified atom stereocenters. The average molecular weight is 545 g/mol. The number of allylic oxidation sites excluding steroid dienone is 1. The summed E-state index contributed by atoms with van der Waals surface area (Å²) in [7, 11) is 1.54. The van der Waals surface area contributed by atoms with Gasteiger partial charge in [0, 0.05) is 29.3 Å². The fraction of sp³-hybridized carbons (Fsp3) is 0.172. The summed E-state index contributed by atoms with van der Waals surface area (Å²) in [6.07, 6.45) is 3.43. The predicted octanol–water partition coefficient (Wildman–Crippen LogP) is 4.18. The number of fused-ring (bicyclic) bond motifs is 1. The number of nitro groups is 1. The fourth-order valence-electron chi connectivity index (χ4n) is 4.62. The Kier molecular flexibility index (Phi) is 7.03. The largest absolute Gasteiger partial charge is 0.496 e. The molecule has 2 aromatic heterocycles. The number of thiazole rings is 1. The molecule has 0 saturated carbocycles. The number of methoxy groups -OCH3 is 1. The first-order valence-corrected chi connectivity index (χ1v) is 12.9. The van der Waals surface area contributed by atoms with Crippen molar-refractivity contribution in [2.75, 3.05) is 13.7 Å². The highest BCUT2D eigenvalue weighted by molar-refractivity contribution is 7.07. The van der Waals surface area contributed by atoms with Gasteiger partial charge in [0.25, 0.3) is 11.2 Å². The molecule has 9 nitrogen and oxygen atoms in total. The lowest BCUT2D eigenvalue weighted by Crippen LogP contribution is -2.39. The van der Waals surface area contributed by atoms with Crippen molar-refractivity contribution in [3.05, 3.63) is 113 Å². The van der Waals surface area contributed by atoms with Crippen LogP contribution in [0.15, 0.2) is 81.0 Å². The highest BCUT2D eigenvalue weighted by Crippen LogP contribution is 2.36. The summed E-state index contributed by atoms with van der Waals surface area (Å²) in [4.78, 5) is 37.6. The summed E-state index contributed by atoms with van der Waals surface area (Å²) in [5, 5.41) is 11.1. The van der Waals surface area contributed by atoms with Gasteiger partial charge in [-0.25, -0.2) is 4.79 Å². The smallest absolute Gasteiger partial charge is 0.336 e. The maximum Gasteiger partial charge on any atom is 0.336 e. The topological polar surface area (TPSA) is 114 Å². The molecule has 3 heterocycles. The predicted molar refractivity (Wildman–Crippen MR) is 147 cm³/mol. The molecule has 0 amide bonds. The molecule has 2 aromatic carbocycles. The molecule has 1 atom stereocenters. The molecule has 4 aromatic rings. The zero-order valence-electron chi connectivity index (χ0n) is 21.4. The van der Waals surface area contributed by atoms with E-state index in [1.807, 2.05) is 25.1 Å². The van der Waals surface area contributed by atoms with Crippen LogP contribution in [-0.2, 0) is 9.53 Å². The van der Waals surface area contributed by atoms with E-state index in [0.29, 0.717) is 48.7 Å². The molecular formula is C29H24N2O7S. The first kappa shape index (κ1) is 25.9. The molecule has 1 aliphatic heterocycles. The number of hydrogen-bond donors (Lipinski definition) is 0. The maximum atomic E-state index is 13.8. The Hall–Kier alpha value is -4.70. The number of benzene rings is 2. The van der Waals surface area contributed by atoms with Crippen molar-refractivity contribution in [1.82, 2.24) is 4.57 Å². The summed E-state index contributed by atoms with van der Waals surface area (Å²) in [5.41, 5.74) is 1.93. The number of esters is 1. The Bertz CT molecular complexity index is 1810. The number of aromatic nitrogens is 1. The molecule has 10 heteroatoms. The third kappa shape index (κ3) is 4.82. The molecule has 0 radical (unpaired) electrons. The van der Waals surface area contributed by atoms with Gasteiger partial charge in [0.1, 0.15) is 17.3 Å². The lowest BCUT2D eigenvalue weighted by molar-refractivity contribution is -0.384. The molecule has 0 saturated heterocycles. The van der Waals surface area contributed by atoms with Crippen LogP contribution in [0.25, 0.3) is 23.5 Å². The minimum absolute atomic E-state index is 0.0446. The van der Waals surface area contributed by atoms with Crippen molar-refractivity contribution >= 4 is 35.1 Å². The molecular weight excluding hydrogens is 520 g/mol. The summed E-state index contributed by atoms with van der Waals surface area (Å²) >= 11 is 1.27. The van der Waals surface area contributed by atoms with Gasteiger partial charge in [0.15, 0.2) is 0 Å². The zero-order chi connectivity index (χ0) is 27.7. The van der Waals surface area contributed by atoms with Gasteiger partial charge in [-0.1, -0.05) is 30.3 Å². The number of nitro benzene ring substituents is 1. The van der Waals surface area contributed by atoms with E-state index in [1.54, 1.807) is 61.1 Å². The van der Waals surface area contributed by atoms with E-state index in [2.05, 4.69) is 0 Å². The minimum atomic E-state index is -0.747. The van der Waals surface area contributed by atoms with Crippen LogP contribution in [0, 0.1) is 10.1 Å². The van der Waals surface area contributed by atoms with E-state index in [-0.39, 0.29) is 17.9 Å². The van der Waals surface area contributed by atoms with E-state index >= 15 is 0 Å². The number of furan rings is 1. The maximum absolute atomic E-state index is 13.8. The Morgan fingerprint density at radius 3 is 2.72 bits per heavy atom. The Balaban J connectivity index is 1.64. The van der Waals surface area contributed by atoms with Crippen LogP contribution in [0.1, 0.15) is 31.2 Å². The van der Waals surface area contributed by atoms with E-state index in [4.69, 9.17) is 13.9 Å². The molecule has 0 fully saturated rings. The SMILES string of the molecule is CCOC(=O)C1=C(C)C=c2sc(=Cc3ccc(-c4cccc([N+](=O)[O-])c4)o3)c(=O)n2C1c1ccccc1OC. The van der Waals surface area contributed by atoms with Crippen LogP contribution >= 0.6 is 11.3 Å². The quantitative estimate of drug-likeness (QED) is 0.195. The van der Waals surface area contributed by atoms with Gasteiger partial charge in [0.05, 0.1) is 39.5 Å². The van der Waals surface area contributed by atoms with E-state index in [9.17, 15) is 19.7 Å². The number of hydrogen-bond acceptors (Lipinski definition) is 8. The molecule has 39 heavy (non-hydrogen) atoms. The van der Waals surface area contributed by atoms with Gasteiger partial charge < -0.3 is 13.9 Å². The Morgan fingerprint density at radius 2 is 1.97 bits per heavy atom.